The number of carbonyl (C=O) groups excluding carboxylic acids is 2. The van der Waals surface area contributed by atoms with Gasteiger partial charge in [-0.25, -0.2) is 9.18 Å². The Hall–Kier alpha value is -3.87. The Balaban J connectivity index is 1.61. The van der Waals surface area contributed by atoms with Crippen LogP contribution < -0.4 is 15.2 Å². The second-order valence-corrected chi connectivity index (χ2v) is 6.39. The number of para-hydroxylation sites is 1. The van der Waals surface area contributed by atoms with Gasteiger partial charge < -0.3 is 19.9 Å². The van der Waals surface area contributed by atoms with Gasteiger partial charge in [-0.05, 0) is 47.5 Å². The highest BCUT2D eigenvalue weighted by Gasteiger charge is 2.14. The van der Waals surface area contributed by atoms with E-state index in [0.29, 0.717) is 17.1 Å². The first-order valence-corrected chi connectivity index (χ1v) is 9.15. The van der Waals surface area contributed by atoms with E-state index in [2.05, 4.69) is 0 Å². The number of primary amides is 1. The van der Waals surface area contributed by atoms with Crippen molar-refractivity contribution in [3.05, 3.63) is 95.3 Å². The molecule has 0 spiro atoms. The minimum absolute atomic E-state index is 0.0128. The van der Waals surface area contributed by atoms with E-state index in [1.165, 1.54) is 12.1 Å². The van der Waals surface area contributed by atoms with Crippen molar-refractivity contribution in [1.82, 2.24) is 0 Å². The van der Waals surface area contributed by atoms with E-state index >= 15 is 0 Å². The zero-order valence-corrected chi connectivity index (χ0v) is 16.0. The number of esters is 1. The molecule has 3 aromatic carbocycles. The number of amides is 1. The summed E-state index contributed by atoms with van der Waals surface area (Å²) >= 11 is 0. The molecule has 0 radical (unpaired) electrons. The fourth-order valence-corrected chi connectivity index (χ4v) is 2.61. The highest BCUT2D eigenvalue weighted by atomic mass is 19.1. The second kappa shape index (κ2) is 10.1. The van der Waals surface area contributed by atoms with Gasteiger partial charge in [-0.15, -0.1) is 0 Å². The van der Waals surface area contributed by atoms with Crippen LogP contribution in [0.25, 0.3) is 0 Å². The molecule has 0 saturated carbocycles. The van der Waals surface area contributed by atoms with E-state index in [9.17, 15) is 14.0 Å². The molecule has 6 nitrogen and oxygen atoms in total. The molecule has 0 atom stereocenters. The molecule has 3 aromatic rings. The van der Waals surface area contributed by atoms with Gasteiger partial charge in [-0.1, -0.05) is 36.4 Å². The smallest absolute Gasteiger partial charge is 0.342 e. The Kier molecular flexibility index (Phi) is 7.00. The van der Waals surface area contributed by atoms with E-state index in [1.54, 1.807) is 60.7 Å². The maximum atomic E-state index is 13.0. The normalized spacial score (nSPS) is 10.3. The number of nitrogens with two attached hydrogens (primary N) is 1. The number of rotatable bonds is 9. The lowest BCUT2D eigenvalue weighted by molar-refractivity contribution is -0.119. The summed E-state index contributed by atoms with van der Waals surface area (Å²) in [4.78, 5) is 23.4. The summed E-state index contributed by atoms with van der Waals surface area (Å²) < 4.78 is 29.4. The highest BCUT2D eigenvalue weighted by molar-refractivity contribution is 5.92. The Morgan fingerprint density at radius 3 is 2.37 bits per heavy atom. The molecule has 1 amide bonds. The number of ether oxygens (including phenoxy) is 3. The molecule has 7 heteroatoms. The minimum Gasteiger partial charge on any atom is -0.488 e. The van der Waals surface area contributed by atoms with Gasteiger partial charge in [-0.3, -0.25) is 4.79 Å². The third-order valence-corrected chi connectivity index (χ3v) is 4.06. The van der Waals surface area contributed by atoms with Crippen LogP contribution in [-0.4, -0.2) is 18.5 Å². The standard InChI is InChI=1S/C23H20FNO5/c24-18-10-8-16(9-11-18)13-29-21-7-2-1-6-20(21)23(27)30-14-17-4-3-5-19(12-17)28-15-22(25)26/h1-12H,13-15H2,(H2,25,26). The topological polar surface area (TPSA) is 87.9 Å². The first kappa shape index (κ1) is 20.9. The van der Waals surface area contributed by atoms with E-state index in [1.807, 2.05) is 0 Å². The van der Waals surface area contributed by atoms with Crippen LogP contribution in [-0.2, 0) is 22.7 Å². The van der Waals surface area contributed by atoms with Crippen LogP contribution in [0.2, 0.25) is 0 Å². The predicted molar refractivity (Wildman–Crippen MR) is 107 cm³/mol. The Labute approximate surface area is 173 Å². The van der Waals surface area contributed by atoms with Gasteiger partial charge in [0.2, 0.25) is 0 Å². The third-order valence-electron chi connectivity index (χ3n) is 4.06. The van der Waals surface area contributed by atoms with E-state index in [4.69, 9.17) is 19.9 Å². The molecule has 3 rings (SSSR count). The average molecular weight is 409 g/mol. The summed E-state index contributed by atoms with van der Waals surface area (Å²) in [5.74, 6) is -0.639. The first-order valence-electron chi connectivity index (χ1n) is 9.15. The molecule has 0 unspecified atom stereocenters. The number of hydrogen-bond acceptors (Lipinski definition) is 5. The van der Waals surface area contributed by atoms with Crippen LogP contribution in [0.5, 0.6) is 11.5 Å². The number of halogens is 1. The summed E-state index contributed by atoms with van der Waals surface area (Å²) in [6.45, 7) is -0.0370. The van der Waals surface area contributed by atoms with Crippen LogP contribution in [0, 0.1) is 5.82 Å². The predicted octanol–water partition coefficient (Wildman–Crippen LogP) is 3.63. The Bertz CT molecular complexity index is 1020. The summed E-state index contributed by atoms with van der Waals surface area (Å²) in [5, 5.41) is 0. The van der Waals surface area contributed by atoms with E-state index in [-0.39, 0.29) is 31.2 Å². The lowest BCUT2D eigenvalue weighted by atomic mass is 10.2. The summed E-state index contributed by atoms with van der Waals surface area (Å²) in [7, 11) is 0. The van der Waals surface area contributed by atoms with Gasteiger partial charge in [0.25, 0.3) is 5.91 Å². The van der Waals surface area contributed by atoms with Crippen molar-refractivity contribution in [3.63, 3.8) is 0 Å². The van der Waals surface area contributed by atoms with Crippen molar-refractivity contribution in [1.29, 1.82) is 0 Å². The molecule has 0 aliphatic heterocycles. The number of benzene rings is 3. The molecule has 2 N–H and O–H groups in total. The van der Waals surface area contributed by atoms with Crippen molar-refractivity contribution in [2.24, 2.45) is 5.73 Å². The van der Waals surface area contributed by atoms with Gasteiger partial charge in [0, 0.05) is 0 Å². The number of hydrogen-bond donors (Lipinski definition) is 1. The van der Waals surface area contributed by atoms with Crippen LogP contribution in [0.15, 0.2) is 72.8 Å². The number of carbonyl (C=O) groups is 2. The zero-order chi connectivity index (χ0) is 21.3. The Morgan fingerprint density at radius 2 is 1.60 bits per heavy atom. The lowest BCUT2D eigenvalue weighted by Gasteiger charge is -2.12. The van der Waals surface area contributed by atoms with Crippen molar-refractivity contribution in [3.8, 4) is 11.5 Å². The molecule has 30 heavy (non-hydrogen) atoms. The fourth-order valence-electron chi connectivity index (χ4n) is 2.61. The molecule has 154 valence electrons. The fraction of sp³-hybridized carbons (Fsp3) is 0.130. The molecular weight excluding hydrogens is 389 g/mol. The first-order chi connectivity index (χ1) is 14.5. The average Bonchev–Trinajstić information content (AvgIpc) is 2.76. The maximum absolute atomic E-state index is 13.0. The molecule has 0 bridgehead atoms. The molecule has 0 heterocycles. The van der Waals surface area contributed by atoms with Crippen LogP contribution in [0.4, 0.5) is 4.39 Å². The molecule has 0 aromatic heterocycles. The van der Waals surface area contributed by atoms with Crippen molar-refractivity contribution >= 4 is 11.9 Å². The highest BCUT2D eigenvalue weighted by Crippen LogP contribution is 2.22. The van der Waals surface area contributed by atoms with E-state index in [0.717, 1.165) is 5.56 Å². The summed E-state index contributed by atoms with van der Waals surface area (Å²) in [6, 6.07) is 19.5. The van der Waals surface area contributed by atoms with Gasteiger partial charge in [0.05, 0.1) is 0 Å². The summed E-state index contributed by atoms with van der Waals surface area (Å²) in [5.41, 5.74) is 6.80. The van der Waals surface area contributed by atoms with Crippen LogP contribution >= 0.6 is 0 Å². The Morgan fingerprint density at radius 1 is 0.833 bits per heavy atom. The van der Waals surface area contributed by atoms with Crippen molar-refractivity contribution in [2.75, 3.05) is 6.61 Å². The van der Waals surface area contributed by atoms with Gasteiger partial charge in [0.15, 0.2) is 6.61 Å². The molecule has 0 aliphatic carbocycles. The van der Waals surface area contributed by atoms with Crippen molar-refractivity contribution in [2.45, 2.75) is 13.2 Å². The van der Waals surface area contributed by atoms with Gasteiger partial charge in [0.1, 0.15) is 36.1 Å². The zero-order valence-electron chi connectivity index (χ0n) is 16.0. The summed E-state index contributed by atoms with van der Waals surface area (Å²) in [6.07, 6.45) is 0. The van der Waals surface area contributed by atoms with Crippen molar-refractivity contribution < 1.29 is 28.2 Å². The molecule has 0 saturated heterocycles. The molecular formula is C23H20FNO5. The lowest BCUT2D eigenvalue weighted by Crippen LogP contribution is -2.20. The maximum Gasteiger partial charge on any atom is 0.342 e. The second-order valence-electron chi connectivity index (χ2n) is 6.39. The van der Waals surface area contributed by atoms with E-state index < -0.39 is 11.9 Å². The SMILES string of the molecule is NC(=O)COc1cccc(COC(=O)c2ccccc2OCc2ccc(F)cc2)c1. The largest absolute Gasteiger partial charge is 0.488 e. The van der Waals surface area contributed by atoms with Gasteiger partial charge >= 0.3 is 5.97 Å². The van der Waals surface area contributed by atoms with Gasteiger partial charge in [-0.2, -0.15) is 0 Å². The third kappa shape index (κ3) is 6.07. The van der Waals surface area contributed by atoms with Crippen LogP contribution in [0.3, 0.4) is 0 Å². The molecule has 0 fully saturated rings. The quantitative estimate of drug-likeness (QED) is 0.546. The monoisotopic (exact) mass is 409 g/mol. The van der Waals surface area contributed by atoms with Crippen LogP contribution in [0.1, 0.15) is 21.5 Å². The minimum atomic E-state index is -0.580. The molecule has 0 aliphatic rings.